The second-order valence-electron chi connectivity index (χ2n) is 6.44. The predicted molar refractivity (Wildman–Crippen MR) is 75.7 cm³/mol. The minimum Gasteiger partial charge on any atom is -0.341 e. The van der Waals surface area contributed by atoms with Crippen LogP contribution in [0.1, 0.15) is 31.7 Å². The van der Waals surface area contributed by atoms with Crippen molar-refractivity contribution in [2.24, 2.45) is 11.1 Å². The highest BCUT2D eigenvalue weighted by atomic mass is 16.2. The molecule has 1 saturated carbocycles. The van der Waals surface area contributed by atoms with Gasteiger partial charge in [-0.25, -0.2) is 0 Å². The lowest BCUT2D eigenvalue weighted by molar-refractivity contribution is -0.133. The van der Waals surface area contributed by atoms with Gasteiger partial charge in [-0.2, -0.15) is 0 Å². The van der Waals surface area contributed by atoms with Gasteiger partial charge in [-0.05, 0) is 36.8 Å². The summed E-state index contributed by atoms with van der Waals surface area (Å²) in [5.41, 5.74) is 6.90. The Kier molecular flexibility index (Phi) is 2.90. The minimum atomic E-state index is -0.221. The number of likely N-dealkylation sites (tertiary alicyclic amines) is 1. The fourth-order valence-corrected chi connectivity index (χ4v) is 3.17. The molecule has 3 heteroatoms. The van der Waals surface area contributed by atoms with Crippen LogP contribution in [-0.4, -0.2) is 30.4 Å². The number of benzene rings is 1. The van der Waals surface area contributed by atoms with Crippen LogP contribution in [0.4, 0.5) is 0 Å². The van der Waals surface area contributed by atoms with Crippen molar-refractivity contribution in [3.05, 3.63) is 35.9 Å². The molecule has 1 heterocycles. The maximum absolute atomic E-state index is 12.8. The summed E-state index contributed by atoms with van der Waals surface area (Å²) >= 11 is 0. The Morgan fingerprint density at radius 1 is 1.26 bits per heavy atom. The van der Waals surface area contributed by atoms with Crippen LogP contribution in [-0.2, 0) is 10.2 Å². The molecule has 1 aromatic rings. The molecule has 0 radical (unpaired) electrons. The lowest BCUT2D eigenvalue weighted by Crippen LogP contribution is -2.40. The van der Waals surface area contributed by atoms with Crippen LogP contribution >= 0.6 is 0 Å². The molecule has 2 aliphatic rings. The van der Waals surface area contributed by atoms with Crippen molar-refractivity contribution in [1.82, 2.24) is 4.90 Å². The standard InChI is InChI=1S/C16H22N2O/c1-15(11-17)9-10-18(12-15)14(19)16(7-8-16)13-5-3-2-4-6-13/h2-6H,7-12,17H2,1H3. The van der Waals surface area contributed by atoms with E-state index in [1.54, 1.807) is 0 Å². The third kappa shape index (κ3) is 2.06. The Hall–Kier alpha value is -1.35. The second-order valence-corrected chi connectivity index (χ2v) is 6.44. The van der Waals surface area contributed by atoms with Crippen LogP contribution in [0, 0.1) is 5.41 Å². The number of carbonyl (C=O) groups is 1. The van der Waals surface area contributed by atoms with Crippen LogP contribution in [0.5, 0.6) is 0 Å². The summed E-state index contributed by atoms with van der Waals surface area (Å²) in [6, 6.07) is 10.2. The van der Waals surface area contributed by atoms with E-state index in [9.17, 15) is 4.79 Å². The summed E-state index contributed by atoms with van der Waals surface area (Å²) in [6.45, 7) is 4.52. The van der Waals surface area contributed by atoms with Crippen LogP contribution in [0.15, 0.2) is 30.3 Å². The molecule has 2 N–H and O–H groups in total. The molecule has 102 valence electrons. The second kappa shape index (κ2) is 4.34. The molecule has 2 fully saturated rings. The summed E-state index contributed by atoms with van der Waals surface area (Å²) in [5, 5.41) is 0. The van der Waals surface area contributed by atoms with Gasteiger partial charge in [-0.1, -0.05) is 37.3 Å². The predicted octanol–water partition coefficient (Wildman–Crippen LogP) is 1.92. The fraction of sp³-hybridized carbons (Fsp3) is 0.562. The Bertz CT molecular complexity index is 481. The van der Waals surface area contributed by atoms with Gasteiger partial charge in [-0.3, -0.25) is 4.79 Å². The van der Waals surface area contributed by atoms with Crippen LogP contribution in [0.2, 0.25) is 0 Å². The molecule has 1 amide bonds. The Labute approximate surface area is 114 Å². The SMILES string of the molecule is CC1(CN)CCN(C(=O)C2(c3ccccc3)CC2)C1. The lowest BCUT2D eigenvalue weighted by Gasteiger charge is -2.26. The largest absolute Gasteiger partial charge is 0.341 e. The highest BCUT2D eigenvalue weighted by molar-refractivity contribution is 5.91. The number of carbonyl (C=O) groups excluding carboxylic acids is 1. The summed E-state index contributed by atoms with van der Waals surface area (Å²) in [7, 11) is 0. The Morgan fingerprint density at radius 2 is 1.95 bits per heavy atom. The van der Waals surface area contributed by atoms with E-state index in [2.05, 4.69) is 19.1 Å². The van der Waals surface area contributed by atoms with Crippen LogP contribution in [0.25, 0.3) is 0 Å². The van der Waals surface area contributed by atoms with E-state index < -0.39 is 0 Å². The van der Waals surface area contributed by atoms with Crippen molar-refractivity contribution in [3.8, 4) is 0 Å². The van der Waals surface area contributed by atoms with Gasteiger partial charge in [0.05, 0.1) is 5.41 Å². The smallest absolute Gasteiger partial charge is 0.233 e. The van der Waals surface area contributed by atoms with E-state index in [4.69, 9.17) is 5.73 Å². The third-order valence-electron chi connectivity index (χ3n) is 4.82. The van der Waals surface area contributed by atoms with Crippen LogP contribution in [0.3, 0.4) is 0 Å². The highest BCUT2D eigenvalue weighted by Gasteiger charge is 2.54. The van der Waals surface area contributed by atoms with E-state index in [1.165, 1.54) is 5.56 Å². The number of rotatable bonds is 3. The maximum Gasteiger partial charge on any atom is 0.233 e. The van der Waals surface area contributed by atoms with Crippen LogP contribution < -0.4 is 5.73 Å². The molecule has 3 rings (SSSR count). The minimum absolute atomic E-state index is 0.114. The zero-order valence-corrected chi connectivity index (χ0v) is 11.6. The Morgan fingerprint density at radius 3 is 2.47 bits per heavy atom. The van der Waals surface area contributed by atoms with Gasteiger partial charge in [0.25, 0.3) is 0 Å². The lowest BCUT2D eigenvalue weighted by atomic mass is 9.90. The molecule has 1 unspecified atom stereocenters. The van der Waals surface area contributed by atoms with Gasteiger partial charge in [-0.15, -0.1) is 0 Å². The number of amides is 1. The van der Waals surface area contributed by atoms with E-state index in [-0.39, 0.29) is 10.8 Å². The molecule has 19 heavy (non-hydrogen) atoms. The summed E-state index contributed by atoms with van der Waals surface area (Å²) < 4.78 is 0. The number of hydrogen-bond acceptors (Lipinski definition) is 2. The molecule has 1 saturated heterocycles. The summed E-state index contributed by atoms with van der Waals surface area (Å²) in [6.07, 6.45) is 3.01. The van der Waals surface area contributed by atoms with Gasteiger partial charge in [0.15, 0.2) is 0 Å². The van der Waals surface area contributed by atoms with Gasteiger partial charge < -0.3 is 10.6 Å². The monoisotopic (exact) mass is 258 g/mol. The molecule has 0 aromatic heterocycles. The van der Waals surface area contributed by atoms with Crippen molar-refractivity contribution in [2.75, 3.05) is 19.6 Å². The molecular formula is C16H22N2O. The van der Waals surface area contributed by atoms with E-state index in [1.807, 2.05) is 23.1 Å². The molecule has 1 aliphatic heterocycles. The van der Waals surface area contributed by atoms with Gasteiger partial charge in [0.2, 0.25) is 5.91 Å². The maximum atomic E-state index is 12.8. The molecule has 0 spiro atoms. The van der Waals surface area contributed by atoms with Gasteiger partial charge in [0.1, 0.15) is 0 Å². The number of nitrogens with zero attached hydrogens (tertiary/aromatic N) is 1. The van der Waals surface area contributed by atoms with Gasteiger partial charge >= 0.3 is 0 Å². The average molecular weight is 258 g/mol. The van der Waals surface area contributed by atoms with Crippen molar-refractivity contribution in [1.29, 1.82) is 0 Å². The first-order chi connectivity index (χ1) is 9.10. The topological polar surface area (TPSA) is 46.3 Å². The number of nitrogens with two attached hydrogens (primary N) is 1. The first-order valence-electron chi connectivity index (χ1n) is 7.15. The van der Waals surface area contributed by atoms with E-state index >= 15 is 0 Å². The van der Waals surface area contributed by atoms with Crippen molar-refractivity contribution >= 4 is 5.91 Å². The zero-order chi connectivity index (χ0) is 13.5. The quantitative estimate of drug-likeness (QED) is 0.900. The molecule has 1 aromatic carbocycles. The van der Waals surface area contributed by atoms with Crippen molar-refractivity contribution in [2.45, 2.75) is 31.6 Å². The Balaban J connectivity index is 1.79. The summed E-state index contributed by atoms with van der Waals surface area (Å²) in [4.78, 5) is 14.9. The van der Waals surface area contributed by atoms with E-state index in [0.717, 1.165) is 32.4 Å². The van der Waals surface area contributed by atoms with Crippen molar-refractivity contribution in [3.63, 3.8) is 0 Å². The summed E-state index contributed by atoms with van der Waals surface area (Å²) in [5.74, 6) is 0.316. The first-order valence-corrected chi connectivity index (χ1v) is 7.15. The fourth-order valence-electron chi connectivity index (χ4n) is 3.17. The first kappa shape index (κ1) is 12.7. The molecule has 3 nitrogen and oxygen atoms in total. The normalized spacial score (nSPS) is 28.4. The molecular weight excluding hydrogens is 236 g/mol. The molecule has 1 aliphatic carbocycles. The van der Waals surface area contributed by atoms with Gasteiger partial charge in [0, 0.05) is 13.1 Å². The zero-order valence-electron chi connectivity index (χ0n) is 11.6. The van der Waals surface area contributed by atoms with E-state index in [0.29, 0.717) is 12.5 Å². The third-order valence-corrected chi connectivity index (χ3v) is 4.82. The average Bonchev–Trinajstić information content (AvgIpc) is 3.17. The molecule has 0 bridgehead atoms. The highest BCUT2D eigenvalue weighted by Crippen LogP contribution is 2.50. The number of hydrogen-bond donors (Lipinski definition) is 1. The van der Waals surface area contributed by atoms with Crippen molar-refractivity contribution < 1.29 is 4.79 Å². The molecule has 1 atom stereocenters.